The average molecular weight is 267 g/mol. The highest BCUT2D eigenvalue weighted by molar-refractivity contribution is 5.36. The molecule has 0 aromatic heterocycles. The molecule has 1 heterocycles. The SMILES string of the molecule is CNC(C)c1cc(F)ccc1OCC1CCC(C)O1. The Morgan fingerprint density at radius 3 is 2.89 bits per heavy atom. The standard InChI is InChI=1S/C15H22FNO2/c1-10-4-6-13(19-10)9-18-15-7-5-12(16)8-14(15)11(2)17-3/h5,7-8,10-11,13,17H,4,6,9H2,1-3H3. The molecule has 3 atom stereocenters. The van der Waals surface area contributed by atoms with Crippen molar-refractivity contribution in [1.29, 1.82) is 0 Å². The molecule has 1 aromatic carbocycles. The van der Waals surface area contributed by atoms with E-state index in [0.717, 1.165) is 24.2 Å². The lowest BCUT2D eigenvalue weighted by molar-refractivity contribution is 0.0261. The molecule has 1 fully saturated rings. The van der Waals surface area contributed by atoms with Crippen LogP contribution in [-0.2, 0) is 4.74 Å². The predicted molar refractivity (Wildman–Crippen MR) is 72.9 cm³/mol. The maximum absolute atomic E-state index is 13.3. The van der Waals surface area contributed by atoms with Gasteiger partial charge in [-0.1, -0.05) is 0 Å². The van der Waals surface area contributed by atoms with Crippen LogP contribution >= 0.6 is 0 Å². The topological polar surface area (TPSA) is 30.5 Å². The van der Waals surface area contributed by atoms with E-state index in [4.69, 9.17) is 9.47 Å². The van der Waals surface area contributed by atoms with Crippen LogP contribution in [0.2, 0.25) is 0 Å². The summed E-state index contributed by atoms with van der Waals surface area (Å²) in [4.78, 5) is 0. The first-order valence-corrected chi connectivity index (χ1v) is 6.85. The van der Waals surface area contributed by atoms with Crippen molar-refractivity contribution < 1.29 is 13.9 Å². The van der Waals surface area contributed by atoms with Crippen LogP contribution in [0, 0.1) is 5.82 Å². The third kappa shape index (κ3) is 3.67. The second kappa shape index (κ2) is 6.35. The van der Waals surface area contributed by atoms with Crippen LogP contribution in [0.15, 0.2) is 18.2 Å². The smallest absolute Gasteiger partial charge is 0.124 e. The van der Waals surface area contributed by atoms with Gasteiger partial charge in [0.15, 0.2) is 0 Å². The van der Waals surface area contributed by atoms with Crippen molar-refractivity contribution in [1.82, 2.24) is 5.32 Å². The Labute approximate surface area is 114 Å². The van der Waals surface area contributed by atoms with E-state index in [1.54, 1.807) is 6.07 Å². The number of halogens is 1. The lowest BCUT2D eigenvalue weighted by atomic mass is 10.1. The van der Waals surface area contributed by atoms with Crippen molar-refractivity contribution in [3.8, 4) is 5.75 Å². The molecular weight excluding hydrogens is 245 g/mol. The first-order chi connectivity index (χ1) is 9.10. The third-order valence-electron chi connectivity index (χ3n) is 3.62. The van der Waals surface area contributed by atoms with E-state index in [0.29, 0.717) is 12.7 Å². The van der Waals surface area contributed by atoms with Gasteiger partial charge in [-0.15, -0.1) is 0 Å². The number of hydrogen-bond donors (Lipinski definition) is 1. The van der Waals surface area contributed by atoms with Gasteiger partial charge in [0, 0.05) is 11.6 Å². The molecule has 0 saturated carbocycles. The van der Waals surface area contributed by atoms with Gasteiger partial charge in [-0.05, 0) is 51.9 Å². The van der Waals surface area contributed by atoms with E-state index in [2.05, 4.69) is 12.2 Å². The first-order valence-electron chi connectivity index (χ1n) is 6.85. The van der Waals surface area contributed by atoms with Crippen LogP contribution in [0.5, 0.6) is 5.75 Å². The van der Waals surface area contributed by atoms with Gasteiger partial charge in [0.2, 0.25) is 0 Å². The fourth-order valence-electron chi connectivity index (χ4n) is 2.34. The van der Waals surface area contributed by atoms with Gasteiger partial charge in [0.05, 0.1) is 12.2 Å². The summed E-state index contributed by atoms with van der Waals surface area (Å²) < 4.78 is 24.9. The molecule has 1 saturated heterocycles. The summed E-state index contributed by atoms with van der Waals surface area (Å²) in [5, 5.41) is 3.11. The lowest BCUT2D eigenvalue weighted by Crippen LogP contribution is -2.20. The molecule has 106 valence electrons. The molecule has 2 rings (SSSR count). The Kier molecular flexibility index (Phi) is 4.77. The van der Waals surface area contributed by atoms with Crippen LogP contribution < -0.4 is 10.1 Å². The summed E-state index contributed by atoms with van der Waals surface area (Å²) in [5.41, 5.74) is 0.841. The second-order valence-corrected chi connectivity index (χ2v) is 5.15. The minimum atomic E-state index is -0.241. The largest absolute Gasteiger partial charge is 0.491 e. The predicted octanol–water partition coefficient (Wildman–Crippen LogP) is 3.05. The molecule has 1 aliphatic rings. The molecule has 0 radical (unpaired) electrons. The lowest BCUT2D eigenvalue weighted by Gasteiger charge is -2.18. The molecule has 1 aromatic rings. The zero-order valence-electron chi connectivity index (χ0n) is 11.8. The van der Waals surface area contributed by atoms with Gasteiger partial charge in [0.25, 0.3) is 0 Å². The van der Waals surface area contributed by atoms with E-state index in [1.807, 2.05) is 14.0 Å². The van der Waals surface area contributed by atoms with E-state index in [1.165, 1.54) is 12.1 Å². The van der Waals surface area contributed by atoms with E-state index in [9.17, 15) is 4.39 Å². The van der Waals surface area contributed by atoms with Gasteiger partial charge in [-0.3, -0.25) is 0 Å². The Bertz CT molecular complexity index is 425. The van der Waals surface area contributed by atoms with Crippen molar-refractivity contribution in [3.05, 3.63) is 29.6 Å². The van der Waals surface area contributed by atoms with E-state index < -0.39 is 0 Å². The van der Waals surface area contributed by atoms with E-state index in [-0.39, 0.29) is 18.0 Å². The van der Waals surface area contributed by atoms with Crippen LogP contribution in [0.4, 0.5) is 4.39 Å². The second-order valence-electron chi connectivity index (χ2n) is 5.15. The first kappa shape index (κ1) is 14.3. The average Bonchev–Trinajstić information content (AvgIpc) is 2.82. The number of ether oxygens (including phenoxy) is 2. The van der Waals surface area contributed by atoms with Gasteiger partial charge in [0.1, 0.15) is 18.2 Å². The Morgan fingerprint density at radius 1 is 1.47 bits per heavy atom. The number of nitrogens with one attached hydrogen (secondary N) is 1. The van der Waals surface area contributed by atoms with Gasteiger partial charge >= 0.3 is 0 Å². The summed E-state index contributed by atoms with van der Waals surface area (Å²) in [6.07, 6.45) is 2.58. The molecule has 0 spiro atoms. The molecule has 0 amide bonds. The Morgan fingerprint density at radius 2 is 2.26 bits per heavy atom. The minimum absolute atomic E-state index is 0.0501. The van der Waals surface area contributed by atoms with Crippen molar-refractivity contribution in [2.75, 3.05) is 13.7 Å². The van der Waals surface area contributed by atoms with Gasteiger partial charge in [-0.2, -0.15) is 0 Å². The number of hydrogen-bond acceptors (Lipinski definition) is 3. The van der Waals surface area contributed by atoms with Crippen LogP contribution in [-0.4, -0.2) is 25.9 Å². The van der Waals surface area contributed by atoms with E-state index >= 15 is 0 Å². The highest BCUT2D eigenvalue weighted by Gasteiger charge is 2.23. The molecule has 0 aliphatic carbocycles. The summed E-state index contributed by atoms with van der Waals surface area (Å²) in [5.74, 6) is 0.488. The van der Waals surface area contributed by atoms with Crippen molar-refractivity contribution in [3.63, 3.8) is 0 Å². The third-order valence-corrected chi connectivity index (χ3v) is 3.62. The minimum Gasteiger partial charge on any atom is -0.491 e. The van der Waals surface area contributed by atoms with Crippen LogP contribution in [0.1, 0.15) is 38.3 Å². The molecule has 1 aliphatic heterocycles. The molecule has 1 N–H and O–H groups in total. The molecule has 0 bridgehead atoms. The molecule has 4 heteroatoms. The Hall–Kier alpha value is -1.13. The maximum Gasteiger partial charge on any atom is 0.124 e. The summed E-state index contributed by atoms with van der Waals surface area (Å²) in [7, 11) is 1.85. The van der Waals surface area contributed by atoms with Crippen molar-refractivity contribution in [2.24, 2.45) is 0 Å². The highest BCUT2D eigenvalue weighted by atomic mass is 19.1. The van der Waals surface area contributed by atoms with Gasteiger partial charge in [-0.25, -0.2) is 4.39 Å². The molecule has 19 heavy (non-hydrogen) atoms. The van der Waals surface area contributed by atoms with Crippen molar-refractivity contribution >= 4 is 0 Å². The van der Waals surface area contributed by atoms with Crippen molar-refractivity contribution in [2.45, 2.75) is 44.9 Å². The Balaban J connectivity index is 2.02. The summed E-state index contributed by atoms with van der Waals surface area (Å²) >= 11 is 0. The normalized spacial score (nSPS) is 24.4. The maximum atomic E-state index is 13.3. The highest BCUT2D eigenvalue weighted by Crippen LogP contribution is 2.27. The summed E-state index contributed by atoms with van der Waals surface area (Å²) in [6.45, 7) is 4.58. The number of rotatable bonds is 5. The monoisotopic (exact) mass is 267 g/mol. The van der Waals surface area contributed by atoms with Crippen LogP contribution in [0.3, 0.4) is 0 Å². The zero-order valence-corrected chi connectivity index (χ0v) is 11.8. The quantitative estimate of drug-likeness (QED) is 0.889. The summed E-state index contributed by atoms with van der Waals surface area (Å²) in [6, 6.07) is 4.69. The van der Waals surface area contributed by atoms with Crippen LogP contribution in [0.25, 0.3) is 0 Å². The molecular formula is C15H22FNO2. The molecule has 3 unspecified atom stereocenters. The zero-order chi connectivity index (χ0) is 13.8. The molecule has 3 nitrogen and oxygen atoms in total. The number of benzene rings is 1. The fourth-order valence-corrected chi connectivity index (χ4v) is 2.34. The fraction of sp³-hybridized carbons (Fsp3) is 0.600. The van der Waals surface area contributed by atoms with Gasteiger partial charge < -0.3 is 14.8 Å².